The lowest BCUT2D eigenvalue weighted by atomic mass is 10.2. The Morgan fingerprint density at radius 2 is 2.14 bits per heavy atom. The van der Waals surface area contributed by atoms with E-state index in [0.717, 1.165) is 28.7 Å². The van der Waals surface area contributed by atoms with Crippen LogP contribution >= 0.6 is 34.7 Å². The van der Waals surface area contributed by atoms with Crippen molar-refractivity contribution >= 4 is 56.5 Å². The third kappa shape index (κ3) is 3.91. The number of thiophene rings is 1. The maximum atomic E-state index is 12.4. The largest absolute Gasteiger partial charge is 0.495 e. The van der Waals surface area contributed by atoms with E-state index in [9.17, 15) is 19.6 Å². The molecule has 0 bridgehead atoms. The molecule has 0 fully saturated rings. The first kappa shape index (κ1) is 20.0. The van der Waals surface area contributed by atoms with Crippen LogP contribution in [0.2, 0.25) is 5.02 Å². The Kier molecular flexibility index (Phi) is 5.79. The van der Waals surface area contributed by atoms with Gasteiger partial charge in [-0.2, -0.15) is 5.26 Å². The van der Waals surface area contributed by atoms with Crippen LogP contribution in [0.4, 0.5) is 5.69 Å². The molecule has 0 saturated carbocycles. The second kappa shape index (κ2) is 8.10. The highest BCUT2D eigenvalue weighted by molar-refractivity contribution is 8.02. The van der Waals surface area contributed by atoms with Gasteiger partial charge in [-0.15, -0.1) is 23.1 Å². The van der Waals surface area contributed by atoms with Gasteiger partial charge < -0.3 is 15.0 Å². The third-order valence-corrected chi connectivity index (χ3v) is 6.62. The van der Waals surface area contributed by atoms with Crippen LogP contribution in [0.25, 0.3) is 10.2 Å². The first-order valence-corrected chi connectivity index (χ1v) is 9.98. The number of amides is 1. The lowest BCUT2D eigenvalue weighted by molar-refractivity contribution is -0.113. The van der Waals surface area contributed by atoms with E-state index in [4.69, 9.17) is 16.3 Å². The molecule has 0 saturated heterocycles. The summed E-state index contributed by atoms with van der Waals surface area (Å²) in [7, 11) is 1.47. The standard InChI is InChI=1S/C17H13ClN4O4S2/c1-7-3-10(11(26-2)4-9(7)18)20-12(23)6-27-16-8(5-19)13-14(28-16)15(24)22-17(25)21-13/h3-4H,6H2,1-2H3,(H,20,23)(H2,21,22,24,25). The fourth-order valence-corrected chi connectivity index (χ4v) is 4.72. The monoisotopic (exact) mass is 436 g/mol. The third-order valence-electron chi connectivity index (χ3n) is 3.75. The maximum absolute atomic E-state index is 12.4. The molecular formula is C17H13ClN4O4S2. The van der Waals surface area contributed by atoms with Crippen LogP contribution in [0, 0.1) is 18.3 Å². The van der Waals surface area contributed by atoms with Crippen molar-refractivity contribution in [2.24, 2.45) is 0 Å². The number of halogens is 1. The molecule has 28 heavy (non-hydrogen) atoms. The zero-order valence-electron chi connectivity index (χ0n) is 14.6. The van der Waals surface area contributed by atoms with Crippen molar-refractivity contribution in [1.29, 1.82) is 5.26 Å². The van der Waals surface area contributed by atoms with Crippen LogP contribution in [0.5, 0.6) is 5.75 Å². The maximum Gasteiger partial charge on any atom is 0.326 e. The minimum absolute atomic E-state index is 0.00549. The molecule has 3 aromatic rings. The molecule has 0 aliphatic carbocycles. The van der Waals surface area contributed by atoms with Gasteiger partial charge in [0.15, 0.2) is 0 Å². The molecule has 11 heteroatoms. The van der Waals surface area contributed by atoms with Crippen molar-refractivity contribution in [3.63, 3.8) is 0 Å². The summed E-state index contributed by atoms with van der Waals surface area (Å²) in [6.07, 6.45) is 0. The number of carbonyl (C=O) groups excluding carboxylic acids is 1. The van der Waals surface area contributed by atoms with E-state index in [1.54, 1.807) is 19.1 Å². The number of hydrogen-bond donors (Lipinski definition) is 3. The van der Waals surface area contributed by atoms with Gasteiger partial charge >= 0.3 is 5.69 Å². The summed E-state index contributed by atoms with van der Waals surface area (Å²) in [5, 5.41) is 12.7. The normalized spacial score (nSPS) is 10.6. The molecule has 8 nitrogen and oxygen atoms in total. The fourth-order valence-electron chi connectivity index (χ4n) is 2.44. The number of fused-ring (bicyclic) bond motifs is 1. The van der Waals surface area contributed by atoms with Gasteiger partial charge in [0.25, 0.3) is 5.56 Å². The number of H-pyrrole nitrogens is 2. The lowest BCUT2D eigenvalue weighted by Crippen LogP contribution is -2.20. The second-order valence-corrected chi connectivity index (χ2v) is 8.30. The van der Waals surface area contributed by atoms with Crippen LogP contribution in [0.1, 0.15) is 11.1 Å². The van der Waals surface area contributed by atoms with Gasteiger partial charge in [0, 0.05) is 11.1 Å². The van der Waals surface area contributed by atoms with Crippen molar-refractivity contribution < 1.29 is 9.53 Å². The molecule has 2 aromatic heterocycles. The van der Waals surface area contributed by atoms with Crippen molar-refractivity contribution in [2.75, 3.05) is 18.2 Å². The average Bonchev–Trinajstić information content (AvgIpc) is 3.00. The number of carbonyl (C=O) groups is 1. The van der Waals surface area contributed by atoms with Gasteiger partial charge in [-0.1, -0.05) is 11.6 Å². The summed E-state index contributed by atoms with van der Waals surface area (Å²) < 4.78 is 5.93. The van der Waals surface area contributed by atoms with E-state index in [1.807, 2.05) is 6.07 Å². The van der Waals surface area contributed by atoms with Gasteiger partial charge in [-0.25, -0.2) is 4.79 Å². The molecule has 3 N–H and O–H groups in total. The number of benzene rings is 1. The number of aromatic nitrogens is 2. The molecule has 3 rings (SSSR count). The SMILES string of the molecule is COc1cc(Cl)c(C)cc1NC(=O)CSc1sc2c(=O)[nH]c(=O)[nH]c2c1C#N. The number of nitrogens with one attached hydrogen (secondary N) is 3. The Hall–Kier alpha value is -2.74. The molecule has 0 radical (unpaired) electrons. The van der Waals surface area contributed by atoms with E-state index in [0.29, 0.717) is 20.7 Å². The molecule has 2 heterocycles. The number of rotatable bonds is 5. The zero-order valence-corrected chi connectivity index (χ0v) is 17.0. The molecule has 1 amide bonds. The number of ether oxygens (including phenoxy) is 1. The van der Waals surface area contributed by atoms with Crippen molar-refractivity contribution in [2.45, 2.75) is 11.1 Å². The van der Waals surface area contributed by atoms with E-state index in [2.05, 4.69) is 15.3 Å². The number of nitrogens with zero attached hydrogens (tertiary/aromatic N) is 1. The number of thioether (sulfide) groups is 1. The van der Waals surface area contributed by atoms with Gasteiger partial charge in [0.1, 0.15) is 22.1 Å². The van der Waals surface area contributed by atoms with Crippen molar-refractivity contribution in [1.82, 2.24) is 9.97 Å². The number of aryl methyl sites for hydroxylation is 1. The minimum atomic E-state index is -0.689. The van der Waals surface area contributed by atoms with Gasteiger partial charge in [0.2, 0.25) is 5.91 Å². The molecular weight excluding hydrogens is 424 g/mol. The lowest BCUT2D eigenvalue weighted by Gasteiger charge is -2.12. The molecule has 1 aromatic carbocycles. The predicted octanol–water partition coefficient (Wildman–Crippen LogP) is 2.85. The van der Waals surface area contributed by atoms with Crippen LogP contribution in [0.15, 0.2) is 25.9 Å². The minimum Gasteiger partial charge on any atom is -0.495 e. The first-order chi connectivity index (χ1) is 13.3. The van der Waals surface area contributed by atoms with Gasteiger partial charge in [-0.3, -0.25) is 14.6 Å². The Bertz CT molecular complexity index is 1240. The van der Waals surface area contributed by atoms with Gasteiger partial charge in [0.05, 0.1) is 28.3 Å². The first-order valence-electron chi connectivity index (χ1n) is 7.80. The van der Waals surface area contributed by atoms with E-state index in [-0.39, 0.29) is 27.4 Å². The van der Waals surface area contributed by atoms with Crippen molar-refractivity contribution in [3.8, 4) is 11.8 Å². The van der Waals surface area contributed by atoms with Gasteiger partial charge in [-0.05, 0) is 18.6 Å². The number of anilines is 1. The second-order valence-electron chi connectivity index (χ2n) is 5.63. The van der Waals surface area contributed by atoms with Crippen LogP contribution in [0.3, 0.4) is 0 Å². The van der Waals surface area contributed by atoms with Crippen LogP contribution in [-0.2, 0) is 4.79 Å². The highest BCUT2D eigenvalue weighted by Gasteiger charge is 2.18. The fraction of sp³-hybridized carbons (Fsp3) is 0.176. The topological polar surface area (TPSA) is 128 Å². The summed E-state index contributed by atoms with van der Waals surface area (Å²) in [5.41, 5.74) is 0.349. The molecule has 0 aliphatic heterocycles. The smallest absolute Gasteiger partial charge is 0.326 e. The molecule has 0 aliphatic rings. The Morgan fingerprint density at radius 1 is 1.39 bits per heavy atom. The molecule has 0 atom stereocenters. The molecule has 0 spiro atoms. The Morgan fingerprint density at radius 3 is 2.82 bits per heavy atom. The van der Waals surface area contributed by atoms with Crippen molar-refractivity contribution in [3.05, 3.63) is 49.1 Å². The quantitative estimate of drug-likeness (QED) is 0.527. The summed E-state index contributed by atoms with van der Waals surface area (Å²) >= 11 is 8.21. The average molecular weight is 437 g/mol. The molecule has 0 unspecified atom stereocenters. The zero-order chi connectivity index (χ0) is 20.4. The summed E-state index contributed by atoms with van der Waals surface area (Å²) in [6, 6.07) is 5.29. The van der Waals surface area contributed by atoms with Crippen LogP contribution < -0.4 is 21.3 Å². The van der Waals surface area contributed by atoms with E-state index >= 15 is 0 Å². The predicted molar refractivity (Wildman–Crippen MR) is 110 cm³/mol. The number of nitriles is 1. The van der Waals surface area contributed by atoms with E-state index in [1.165, 1.54) is 7.11 Å². The number of aromatic amines is 2. The summed E-state index contributed by atoms with van der Waals surface area (Å²) in [6.45, 7) is 1.81. The van der Waals surface area contributed by atoms with Crippen LogP contribution in [-0.4, -0.2) is 28.7 Å². The highest BCUT2D eigenvalue weighted by Crippen LogP contribution is 2.35. The summed E-state index contributed by atoms with van der Waals surface area (Å²) in [4.78, 5) is 40.3. The highest BCUT2D eigenvalue weighted by atomic mass is 35.5. The summed E-state index contributed by atoms with van der Waals surface area (Å²) in [5.74, 6) is 0.0977. The number of hydrogen-bond acceptors (Lipinski definition) is 7. The molecule has 144 valence electrons. The van der Waals surface area contributed by atoms with E-state index < -0.39 is 11.2 Å². The Balaban J connectivity index is 1.82. The Labute approximate surface area is 171 Å². The number of methoxy groups -OCH3 is 1.